The van der Waals surface area contributed by atoms with E-state index in [4.69, 9.17) is 0 Å². The van der Waals surface area contributed by atoms with Gasteiger partial charge in [-0.05, 0) is 6.92 Å². The molecule has 0 heterocycles. The lowest BCUT2D eigenvalue weighted by Gasteiger charge is -2.23. The van der Waals surface area contributed by atoms with E-state index in [0.29, 0.717) is 0 Å². The normalized spacial score (nSPS) is 11.0. The first kappa shape index (κ1) is 14.9. The van der Waals surface area contributed by atoms with Crippen LogP contribution in [0.4, 0.5) is 4.39 Å². The van der Waals surface area contributed by atoms with Crippen LogP contribution in [-0.4, -0.2) is 18.4 Å². The van der Waals surface area contributed by atoms with E-state index in [1.54, 1.807) is 43.3 Å². The molecule has 0 aromatic heterocycles. The van der Waals surface area contributed by atoms with Crippen LogP contribution in [0.3, 0.4) is 0 Å². The van der Waals surface area contributed by atoms with E-state index in [1.807, 2.05) is 0 Å². The molecule has 0 unspecified atom stereocenters. The Kier molecular flexibility index (Phi) is 4.48. The predicted octanol–water partition coefficient (Wildman–Crippen LogP) is 3.03. The van der Waals surface area contributed by atoms with Gasteiger partial charge >= 0.3 is 5.97 Å². The SMILES string of the molecule is CCOC(=O)C(=O)C(F)(c1ccccc1)c1ccccc1. The second kappa shape index (κ2) is 6.31. The first-order chi connectivity index (χ1) is 10.1. The number of esters is 1. The van der Waals surface area contributed by atoms with Gasteiger partial charge in [-0.25, -0.2) is 9.18 Å². The largest absolute Gasteiger partial charge is 0.460 e. The highest BCUT2D eigenvalue weighted by Crippen LogP contribution is 2.35. The Balaban J connectivity index is 2.55. The summed E-state index contributed by atoms with van der Waals surface area (Å²) in [5, 5.41) is 0. The zero-order valence-corrected chi connectivity index (χ0v) is 11.6. The average molecular weight is 286 g/mol. The third-order valence-corrected chi connectivity index (χ3v) is 3.12. The van der Waals surface area contributed by atoms with Gasteiger partial charge in [0.1, 0.15) is 0 Å². The van der Waals surface area contributed by atoms with Crippen molar-refractivity contribution in [1.82, 2.24) is 0 Å². The molecular formula is C17H15FO3. The number of hydrogen-bond acceptors (Lipinski definition) is 3. The van der Waals surface area contributed by atoms with E-state index >= 15 is 4.39 Å². The summed E-state index contributed by atoms with van der Waals surface area (Å²) < 4.78 is 20.2. The number of benzene rings is 2. The third kappa shape index (κ3) is 2.84. The van der Waals surface area contributed by atoms with Crippen LogP contribution in [-0.2, 0) is 20.0 Å². The van der Waals surface area contributed by atoms with Gasteiger partial charge in [0.25, 0.3) is 5.78 Å². The highest BCUT2D eigenvalue weighted by Gasteiger charge is 2.46. The number of carbonyl (C=O) groups is 2. The molecule has 0 atom stereocenters. The van der Waals surface area contributed by atoms with Crippen LogP contribution < -0.4 is 0 Å². The van der Waals surface area contributed by atoms with Crippen molar-refractivity contribution in [1.29, 1.82) is 0 Å². The summed E-state index contributed by atoms with van der Waals surface area (Å²) in [5.41, 5.74) is -2.34. The molecule has 0 radical (unpaired) electrons. The number of rotatable bonds is 5. The molecular weight excluding hydrogens is 271 g/mol. The highest BCUT2D eigenvalue weighted by atomic mass is 19.1. The first-order valence-corrected chi connectivity index (χ1v) is 6.62. The van der Waals surface area contributed by atoms with E-state index in [2.05, 4.69) is 4.74 Å². The molecule has 0 bridgehead atoms. The second-order valence-electron chi connectivity index (χ2n) is 4.44. The molecule has 0 amide bonds. The van der Waals surface area contributed by atoms with Gasteiger partial charge in [0.05, 0.1) is 6.61 Å². The minimum atomic E-state index is -2.55. The number of halogens is 1. The number of hydrogen-bond donors (Lipinski definition) is 0. The minimum absolute atomic E-state index is 0.0181. The Morgan fingerprint density at radius 1 is 0.952 bits per heavy atom. The number of ether oxygens (including phenoxy) is 1. The van der Waals surface area contributed by atoms with Crippen molar-refractivity contribution in [3.63, 3.8) is 0 Å². The van der Waals surface area contributed by atoms with Crippen molar-refractivity contribution in [2.75, 3.05) is 6.61 Å². The first-order valence-electron chi connectivity index (χ1n) is 6.62. The standard InChI is InChI=1S/C17H15FO3/c1-2-21-16(20)15(19)17(18,13-9-5-3-6-10-13)14-11-7-4-8-12-14/h3-12H,2H2,1H3. The van der Waals surface area contributed by atoms with E-state index in [1.165, 1.54) is 24.3 Å². The molecule has 4 heteroatoms. The molecule has 108 valence electrons. The zero-order chi connectivity index (χ0) is 15.3. The van der Waals surface area contributed by atoms with Crippen LogP contribution in [0.5, 0.6) is 0 Å². The molecule has 0 aliphatic heterocycles. The maximum Gasteiger partial charge on any atom is 0.378 e. The van der Waals surface area contributed by atoms with E-state index in [9.17, 15) is 9.59 Å². The van der Waals surface area contributed by atoms with Crippen molar-refractivity contribution >= 4 is 11.8 Å². The number of alkyl halides is 1. The molecule has 0 N–H and O–H groups in total. The van der Waals surface area contributed by atoms with Gasteiger partial charge in [-0.2, -0.15) is 0 Å². The van der Waals surface area contributed by atoms with E-state index in [-0.39, 0.29) is 17.7 Å². The fourth-order valence-electron chi connectivity index (χ4n) is 2.10. The summed E-state index contributed by atoms with van der Waals surface area (Å²) in [5.74, 6) is -2.39. The summed E-state index contributed by atoms with van der Waals surface area (Å²) in [6.07, 6.45) is 0. The maximum absolute atomic E-state index is 15.6. The van der Waals surface area contributed by atoms with Crippen LogP contribution in [0.25, 0.3) is 0 Å². The third-order valence-electron chi connectivity index (χ3n) is 3.12. The molecule has 0 saturated heterocycles. The molecule has 0 fully saturated rings. The predicted molar refractivity (Wildman–Crippen MR) is 76.4 cm³/mol. The van der Waals surface area contributed by atoms with Gasteiger partial charge in [0, 0.05) is 11.1 Å². The van der Waals surface area contributed by atoms with Gasteiger partial charge < -0.3 is 4.74 Å². The highest BCUT2D eigenvalue weighted by molar-refractivity contribution is 6.37. The van der Waals surface area contributed by atoms with E-state index < -0.39 is 17.4 Å². The Labute approximate surface area is 122 Å². The van der Waals surface area contributed by atoms with Crippen LogP contribution in [0.15, 0.2) is 60.7 Å². The van der Waals surface area contributed by atoms with Crippen molar-refractivity contribution in [3.05, 3.63) is 71.8 Å². The van der Waals surface area contributed by atoms with Crippen molar-refractivity contribution < 1.29 is 18.7 Å². The molecule has 21 heavy (non-hydrogen) atoms. The zero-order valence-electron chi connectivity index (χ0n) is 11.6. The Hall–Kier alpha value is -2.49. The molecule has 2 aromatic rings. The number of Topliss-reactive ketones (excluding diaryl/α,β-unsaturated/α-hetero) is 1. The van der Waals surface area contributed by atoms with Crippen LogP contribution in [0.1, 0.15) is 18.1 Å². The summed E-state index contributed by atoms with van der Waals surface area (Å²) in [7, 11) is 0. The van der Waals surface area contributed by atoms with Gasteiger partial charge in [-0.1, -0.05) is 60.7 Å². The van der Waals surface area contributed by atoms with Crippen LogP contribution >= 0.6 is 0 Å². The molecule has 3 nitrogen and oxygen atoms in total. The fraction of sp³-hybridized carbons (Fsp3) is 0.176. The molecule has 2 aromatic carbocycles. The molecule has 0 saturated carbocycles. The van der Waals surface area contributed by atoms with Crippen molar-refractivity contribution in [2.24, 2.45) is 0 Å². The lowest BCUT2D eigenvalue weighted by Crippen LogP contribution is -2.38. The lowest BCUT2D eigenvalue weighted by molar-refractivity contribution is -0.158. The average Bonchev–Trinajstić information content (AvgIpc) is 2.55. The molecule has 2 rings (SSSR count). The van der Waals surface area contributed by atoms with Crippen LogP contribution in [0, 0.1) is 0 Å². The summed E-state index contributed by atoms with van der Waals surface area (Å²) in [6, 6.07) is 15.8. The monoisotopic (exact) mass is 286 g/mol. The Bertz CT molecular complexity index is 583. The van der Waals surface area contributed by atoms with Crippen molar-refractivity contribution in [3.8, 4) is 0 Å². The Morgan fingerprint density at radius 2 is 1.38 bits per heavy atom. The van der Waals surface area contributed by atoms with Crippen molar-refractivity contribution in [2.45, 2.75) is 12.6 Å². The summed E-state index contributed by atoms with van der Waals surface area (Å²) in [4.78, 5) is 24.0. The Morgan fingerprint density at radius 3 is 1.76 bits per heavy atom. The molecule has 0 aliphatic carbocycles. The minimum Gasteiger partial charge on any atom is -0.460 e. The van der Waals surface area contributed by atoms with Gasteiger partial charge in [-0.15, -0.1) is 0 Å². The van der Waals surface area contributed by atoms with E-state index in [0.717, 1.165) is 0 Å². The fourth-order valence-corrected chi connectivity index (χ4v) is 2.10. The van der Waals surface area contributed by atoms with Gasteiger partial charge in [0.15, 0.2) is 0 Å². The molecule has 0 spiro atoms. The van der Waals surface area contributed by atoms with Gasteiger partial charge in [-0.3, -0.25) is 4.79 Å². The summed E-state index contributed by atoms with van der Waals surface area (Å²) in [6.45, 7) is 1.58. The quantitative estimate of drug-likeness (QED) is 0.627. The maximum atomic E-state index is 15.6. The lowest BCUT2D eigenvalue weighted by atomic mass is 9.84. The number of ketones is 1. The second-order valence-corrected chi connectivity index (χ2v) is 4.44. The smallest absolute Gasteiger partial charge is 0.378 e. The summed E-state index contributed by atoms with van der Waals surface area (Å²) >= 11 is 0. The molecule has 0 aliphatic rings. The van der Waals surface area contributed by atoms with Gasteiger partial charge in [0.2, 0.25) is 5.67 Å². The number of carbonyl (C=O) groups excluding carboxylic acids is 2. The topological polar surface area (TPSA) is 43.4 Å². The van der Waals surface area contributed by atoms with Crippen LogP contribution in [0.2, 0.25) is 0 Å².